The van der Waals surface area contributed by atoms with Gasteiger partial charge in [-0.15, -0.1) is 0 Å². The van der Waals surface area contributed by atoms with Crippen LogP contribution in [0.15, 0.2) is 0 Å². The van der Waals surface area contributed by atoms with E-state index < -0.39 is 0 Å². The van der Waals surface area contributed by atoms with Crippen LogP contribution in [0.5, 0.6) is 0 Å². The molecule has 0 aromatic rings. The monoisotopic (exact) mass is 224 g/mol. The van der Waals surface area contributed by atoms with Crippen molar-refractivity contribution < 1.29 is 0 Å². The van der Waals surface area contributed by atoms with Gasteiger partial charge in [-0.25, -0.2) is 0 Å². The Kier molecular flexibility index (Phi) is 3.91. The Morgan fingerprint density at radius 3 is 2.62 bits per heavy atom. The molecule has 1 N–H and O–H groups in total. The number of piperazine rings is 1. The predicted octanol–water partition coefficient (Wildman–Crippen LogP) is 2.64. The summed E-state index contributed by atoms with van der Waals surface area (Å²) >= 11 is 0. The standard InChI is InChI=1S/C14H28N2/c1-4-13-10-16(9-8-12-6-7-12)14(3,5-2)11-15-13/h12-13,15H,4-11H2,1-3H3. The maximum Gasteiger partial charge on any atom is 0.0303 e. The Morgan fingerprint density at radius 2 is 2.06 bits per heavy atom. The third-order valence-electron chi connectivity index (χ3n) is 4.73. The van der Waals surface area contributed by atoms with Crippen LogP contribution in [0.3, 0.4) is 0 Å². The van der Waals surface area contributed by atoms with Crippen LogP contribution in [-0.4, -0.2) is 36.1 Å². The molecule has 2 unspecified atom stereocenters. The first-order chi connectivity index (χ1) is 7.68. The fourth-order valence-electron chi connectivity index (χ4n) is 2.76. The third-order valence-corrected chi connectivity index (χ3v) is 4.73. The summed E-state index contributed by atoms with van der Waals surface area (Å²) in [5, 5.41) is 3.70. The van der Waals surface area contributed by atoms with Gasteiger partial charge in [0.1, 0.15) is 0 Å². The molecule has 1 saturated carbocycles. The van der Waals surface area contributed by atoms with E-state index in [0.717, 1.165) is 12.0 Å². The van der Waals surface area contributed by atoms with E-state index in [1.54, 1.807) is 0 Å². The molecule has 0 aromatic carbocycles. The average Bonchev–Trinajstić information content (AvgIpc) is 3.12. The van der Waals surface area contributed by atoms with Gasteiger partial charge >= 0.3 is 0 Å². The van der Waals surface area contributed by atoms with Gasteiger partial charge in [-0.1, -0.05) is 26.7 Å². The smallest absolute Gasteiger partial charge is 0.0303 e. The minimum atomic E-state index is 0.403. The van der Waals surface area contributed by atoms with Crippen molar-refractivity contribution in [3.8, 4) is 0 Å². The molecule has 2 rings (SSSR count). The third kappa shape index (κ3) is 2.78. The first kappa shape index (κ1) is 12.4. The molecule has 94 valence electrons. The molecule has 1 saturated heterocycles. The van der Waals surface area contributed by atoms with Crippen molar-refractivity contribution in [2.45, 2.75) is 64.5 Å². The van der Waals surface area contributed by atoms with Crippen molar-refractivity contribution in [3.63, 3.8) is 0 Å². The van der Waals surface area contributed by atoms with Crippen LogP contribution in [0, 0.1) is 5.92 Å². The van der Waals surface area contributed by atoms with Crippen LogP contribution < -0.4 is 5.32 Å². The molecule has 2 heteroatoms. The zero-order valence-corrected chi connectivity index (χ0v) is 11.3. The summed E-state index contributed by atoms with van der Waals surface area (Å²) in [4.78, 5) is 2.76. The molecule has 2 aliphatic rings. The number of hydrogen-bond donors (Lipinski definition) is 1. The molecule has 1 aliphatic carbocycles. The van der Waals surface area contributed by atoms with Gasteiger partial charge in [-0.3, -0.25) is 4.90 Å². The topological polar surface area (TPSA) is 15.3 Å². The van der Waals surface area contributed by atoms with Crippen LogP contribution in [0.2, 0.25) is 0 Å². The molecule has 0 radical (unpaired) electrons. The summed E-state index contributed by atoms with van der Waals surface area (Å²) in [6, 6.07) is 0.721. The van der Waals surface area contributed by atoms with Gasteiger partial charge in [-0.2, -0.15) is 0 Å². The Hall–Kier alpha value is -0.0800. The van der Waals surface area contributed by atoms with Gasteiger partial charge in [0.25, 0.3) is 0 Å². The molecular formula is C14H28N2. The lowest BCUT2D eigenvalue weighted by Crippen LogP contribution is -2.63. The average molecular weight is 224 g/mol. The highest BCUT2D eigenvalue weighted by Crippen LogP contribution is 2.34. The normalized spacial score (nSPS) is 36.6. The van der Waals surface area contributed by atoms with Crippen LogP contribution in [0.4, 0.5) is 0 Å². The van der Waals surface area contributed by atoms with Crippen LogP contribution in [-0.2, 0) is 0 Å². The first-order valence-electron chi connectivity index (χ1n) is 7.16. The molecule has 2 fully saturated rings. The zero-order valence-electron chi connectivity index (χ0n) is 11.3. The van der Waals surface area contributed by atoms with Gasteiger partial charge in [0, 0.05) is 24.7 Å². The fraction of sp³-hybridized carbons (Fsp3) is 1.00. The molecule has 0 amide bonds. The minimum Gasteiger partial charge on any atom is -0.311 e. The lowest BCUT2D eigenvalue weighted by molar-refractivity contribution is 0.0458. The quantitative estimate of drug-likeness (QED) is 0.772. The number of nitrogens with zero attached hydrogens (tertiary/aromatic N) is 1. The highest BCUT2D eigenvalue weighted by molar-refractivity contribution is 4.95. The summed E-state index contributed by atoms with van der Waals surface area (Å²) in [5.41, 5.74) is 0.403. The molecule has 1 aliphatic heterocycles. The second kappa shape index (κ2) is 5.05. The second-order valence-corrected chi connectivity index (χ2v) is 6.01. The molecule has 2 atom stereocenters. The summed E-state index contributed by atoms with van der Waals surface area (Å²) < 4.78 is 0. The molecule has 16 heavy (non-hydrogen) atoms. The second-order valence-electron chi connectivity index (χ2n) is 6.01. The van der Waals surface area contributed by atoms with E-state index in [1.807, 2.05) is 0 Å². The van der Waals surface area contributed by atoms with Gasteiger partial charge in [0.15, 0.2) is 0 Å². The molecule has 0 aromatic heterocycles. The first-order valence-corrected chi connectivity index (χ1v) is 7.16. The van der Waals surface area contributed by atoms with E-state index in [1.165, 1.54) is 51.7 Å². The lowest BCUT2D eigenvalue weighted by atomic mass is 9.91. The van der Waals surface area contributed by atoms with Gasteiger partial charge in [-0.05, 0) is 38.6 Å². The van der Waals surface area contributed by atoms with Crippen molar-refractivity contribution >= 4 is 0 Å². The van der Waals surface area contributed by atoms with Crippen LogP contribution >= 0.6 is 0 Å². The van der Waals surface area contributed by atoms with Crippen LogP contribution in [0.1, 0.15) is 52.9 Å². The van der Waals surface area contributed by atoms with Gasteiger partial charge in [0.2, 0.25) is 0 Å². The van der Waals surface area contributed by atoms with E-state index in [0.29, 0.717) is 5.54 Å². The maximum atomic E-state index is 3.70. The summed E-state index contributed by atoms with van der Waals surface area (Å²) in [5.74, 6) is 1.07. The molecule has 0 spiro atoms. The minimum absolute atomic E-state index is 0.403. The number of rotatable bonds is 5. The van der Waals surface area contributed by atoms with E-state index in [4.69, 9.17) is 0 Å². The Morgan fingerprint density at radius 1 is 1.31 bits per heavy atom. The highest BCUT2D eigenvalue weighted by atomic mass is 15.3. The lowest BCUT2D eigenvalue weighted by Gasteiger charge is -2.48. The fourth-order valence-corrected chi connectivity index (χ4v) is 2.76. The van der Waals surface area contributed by atoms with Crippen molar-refractivity contribution in [1.82, 2.24) is 10.2 Å². The van der Waals surface area contributed by atoms with E-state index >= 15 is 0 Å². The van der Waals surface area contributed by atoms with Gasteiger partial charge in [0.05, 0.1) is 0 Å². The summed E-state index contributed by atoms with van der Waals surface area (Å²) in [7, 11) is 0. The van der Waals surface area contributed by atoms with E-state index in [-0.39, 0.29) is 0 Å². The Balaban J connectivity index is 1.90. The van der Waals surface area contributed by atoms with E-state index in [9.17, 15) is 0 Å². The van der Waals surface area contributed by atoms with Gasteiger partial charge < -0.3 is 5.32 Å². The van der Waals surface area contributed by atoms with Crippen molar-refractivity contribution in [1.29, 1.82) is 0 Å². The zero-order chi connectivity index (χ0) is 11.6. The molecule has 2 nitrogen and oxygen atoms in total. The number of hydrogen-bond acceptors (Lipinski definition) is 2. The highest BCUT2D eigenvalue weighted by Gasteiger charge is 2.36. The Bertz CT molecular complexity index is 225. The number of nitrogens with one attached hydrogen (secondary N) is 1. The molecule has 0 bridgehead atoms. The SMILES string of the molecule is CCC1CN(CCC2CC2)C(C)(CC)CN1. The largest absolute Gasteiger partial charge is 0.311 e. The molecule has 1 heterocycles. The Labute approximate surface area is 101 Å². The molecular weight excluding hydrogens is 196 g/mol. The van der Waals surface area contributed by atoms with Crippen LogP contribution in [0.25, 0.3) is 0 Å². The van der Waals surface area contributed by atoms with Crippen molar-refractivity contribution in [2.75, 3.05) is 19.6 Å². The van der Waals surface area contributed by atoms with Crippen molar-refractivity contribution in [2.24, 2.45) is 5.92 Å². The summed E-state index contributed by atoms with van der Waals surface area (Å²) in [6.45, 7) is 10.8. The van der Waals surface area contributed by atoms with E-state index in [2.05, 4.69) is 31.0 Å². The predicted molar refractivity (Wildman–Crippen MR) is 69.7 cm³/mol. The summed E-state index contributed by atoms with van der Waals surface area (Å²) in [6.07, 6.45) is 6.95. The van der Waals surface area contributed by atoms with Crippen molar-refractivity contribution in [3.05, 3.63) is 0 Å². The maximum absolute atomic E-state index is 3.70.